The van der Waals surface area contributed by atoms with Gasteiger partial charge in [0.1, 0.15) is 6.04 Å². The lowest BCUT2D eigenvalue weighted by Crippen LogP contribution is -2.56. The Morgan fingerprint density at radius 3 is 2.30 bits per heavy atom. The molecule has 1 heterocycles. The molecule has 0 spiro atoms. The molecule has 0 fully saturated rings. The first-order valence-corrected chi connectivity index (χ1v) is 10.5. The van der Waals surface area contributed by atoms with E-state index in [-0.39, 0.29) is 42.2 Å². The van der Waals surface area contributed by atoms with Gasteiger partial charge < -0.3 is 16.0 Å². The first-order chi connectivity index (χ1) is 14.0. The quantitative estimate of drug-likeness (QED) is 0.630. The number of rotatable bonds is 7. The van der Waals surface area contributed by atoms with Crippen molar-refractivity contribution in [3.8, 4) is 0 Å². The van der Waals surface area contributed by atoms with E-state index in [0.29, 0.717) is 13.0 Å². The topological polar surface area (TPSA) is 70.2 Å². The van der Waals surface area contributed by atoms with Crippen LogP contribution in [-0.2, 0) is 22.6 Å². The predicted molar refractivity (Wildman–Crippen MR) is 122 cm³/mol. The van der Waals surface area contributed by atoms with E-state index >= 15 is 0 Å². The summed E-state index contributed by atoms with van der Waals surface area (Å²) in [5, 5.41) is 9.37. The Hall–Kier alpha value is -2.37. The molecule has 162 valence electrons. The van der Waals surface area contributed by atoms with Gasteiger partial charge in [-0.1, -0.05) is 74.9 Å². The Bertz CT molecular complexity index is 843. The Morgan fingerprint density at radius 1 is 1.00 bits per heavy atom. The molecule has 30 heavy (non-hydrogen) atoms. The molecule has 0 aromatic heterocycles. The van der Waals surface area contributed by atoms with Gasteiger partial charge in [-0.15, -0.1) is 12.4 Å². The van der Waals surface area contributed by atoms with Crippen LogP contribution in [0.25, 0.3) is 0 Å². The van der Waals surface area contributed by atoms with Crippen molar-refractivity contribution in [3.63, 3.8) is 0 Å². The van der Waals surface area contributed by atoms with Crippen LogP contribution in [0.5, 0.6) is 0 Å². The van der Waals surface area contributed by atoms with Gasteiger partial charge in [-0.2, -0.15) is 0 Å². The van der Waals surface area contributed by atoms with Gasteiger partial charge in [0.15, 0.2) is 0 Å². The fraction of sp³-hybridized carbons (Fsp3) is 0.417. The molecule has 4 atom stereocenters. The zero-order valence-electron chi connectivity index (χ0n) is 17.9. The summed E-state index contributed by atoms with van der Waals surface area (Å²) in [4.78, 5) is 25.9. The molecule has 3 N–H and O–H groups in total. The number of carbonyl (C=O) groups excluding carboxylic acids is 2. The predicted octanol–water partition coefficient (Wildman–Crippen LogP) is 3.53. The Morgan fingerprint density at radius 2 is 1.63 bits per heavy atom. The lowest BCUT2D eigenvalue weighted by molar-refractivity contribution is -0.131. The summed E-state index contributed by atoms with van der Waals surface area (Å²) in [6.07, 6.45) is 1.44. The van der Waals surface area contributed by atoms with E-state index in [9.17, 15) is 9.59 Å². The van der Waals surface area contributed by atoms with Gasteiger partial charge in [0.25, 0.3) is 0 Å². The van der Waals surface area contributed by atoms with Crippen molar-refractivity contribution >= 4 is 24.2 Å². The standard InChI is InChI=1S/C24H31N3O2.ClH/c1-4-16(2)22(24(29)26-17(3)18-10-6-5-7-11-18)27-23(28)21-14-19-12-8-9-13-20(19)15-25-21;/h5-13,16-17,21-22,25H,4,14-15H2,1-3H3,(H,26,29)(H,27,28);1H/t16?,17?,21-,22-;/m0./s1. The molecule has 0 bridgehead atoms. The minimum atomic E-state index is -0.558. The largest absolute Gasteiger partial charge is 0.348 e. The molecule has 5 nitrogen and oxygen atoms in total. The van der Waals surface area contributed by atoms with Crippen LogP contribution in [0.15, 0.2) is 54.6 Å². The van der Waals surface area contributed by atoms with Gasteiger partial charge >= 0.3 is 0 Å². The molecule has 2 aromatic rings. The van der Waals surface area contributed by atoms with E-state index < -0.39 is 6.04 Å². The summed E-state index contributed by atoms with van der Waals surface area (Å²) in [5.74, 6) is -0.217. The van der Waals surface area contributed by atoms with Gasteiger partial charge in [-0.3, -0.25) is 9.59 Å². The van der Waals surface area contributed by atoms with Gasteiger partial charge in [0, 0.05) is 6.54 Å². The molecular weight excluding hydrogens is 398 g/mol. The number of halogens is 1. The average molecular weight is 430 g/mol. The van der Waals surface area contributed by atoms with Crippen molar-refractivity contribution in [2.45, 2.75) is 58.3 Å². The lowest BCUT2D eigenvalue weighted by Gasteiger charge is -2.30. The summed E-state index contributed by atoms with van der Waals surface area (Å²) < 4.78 is 0. The molecule has 1 aliphatic rings. The second-order valence-electron chi connectivity index (χ2n) is 7.92. The number of carbonyl (C=O) groups is 2. The van der Waals surface area contributed by atoms with Gasteiger partial charge in [-0.05, 0) is 36.0 Å². The van der Waals surface area contributed by atoms with Crippen LogP contribution in [0.3, 0.4) is 0 Å². The maximum atomic E-state index is 13.0. The molecule has 2 amide bonds. The van der Waals surface area contributed by atoms with Crippen LogP contribution in [0, 0.1) is 5.92 Å². The van der Waals surface area contributed by atoms with Crippen LogP contribution >= 0.6 is 12.4 Å². The first-order valence-electron chi connectivity index (χ1n) is 10.5. The van der Waals surface area contributed by atoms with Crippen molar-refractivity contribution in [1.29, 1.82) is 0 Å². The zero-order chi connectivity index (χ0) is 20.8. The fourth-order valence-electron chi connectivity index (χ4n) is 3.72. The number of hydrogen-bond donors (Lipinski definition) is 3. The minimum absolute atomic E-state index is 0. The maximum Gasteiger partial charge on any atom is 0.243 e. The molecule has 0 saturated carbocycles. The highest BCUT2D eigenvalue weighted by Gasteiger charge is 2.31. The van der Waals surface area contributed by atoms with Crippen LogP contribution in [-0.4, -0.2) is 23.9 Å². The Kier molecular flexibility index (Phi) is 8.88. The SMILES string of the molecule is CCC(C)[C@H](NC(=O)[C@@H]1Cc2ccccc2CN1)C(=O)NC(C)c1ccccc1.Cl. The first kappa shape index (κ1) is 23.9. The van der Waals surface area contributed by atoms with E-state index in [0.717, 1.165) is 12.0 Å². The Labute approximate surface area is 185 Å². The average Bonchev–Trinajstić information content (AvgIpc) is 2.76. The second kappa shape index (κ2) is 11.1. The van der Waals surface area contributed by atoms with E-state index in [1.165, 1.54) is 11.1 Å². The highest BCUT2D eigenvalue weighted by Crippen LogP contribution is 2.18. The van der Waals surface area contributed by atoms with E-state index in [1.807, 2.05) is 63.2 Å². The number of hydrogen-bond acceptors (Lipinski definition) is 3. The molecule has 0 saturated heterocycles. The minimum Gasteiger partial charge on any atom is -0.348 e. The summed E-state index contributed by atoms with van der Waals surface area (Å²) in [6.45, 7) is 6.66. The molecule has 1 aliphatic heterocycles. The van der Waals surface area contributed by atoms with E-state index in [4.69, 9.17) is 0 Å². The third-order valence-corrected chi connectivity index (χ3v) is 5.85. The third-order valence-electron chi connectivity index (χ3n) is 5.85. The maximum absolute atomic E-state index is 13.0. The van der Waals surface area contributed by atoms with Gasteiger partial charge in [0.2, 0.25) is 11.8 Å². The molecule has 3 rings (SSSR count). The summed E-state index contributed by atoms with van der Waals surface area (Å²) in [5.41, 5.74) is 3.46. The highest BCUT2D eigenvalue weighted by atomic mass is 35.5. The lowest BCUT2D eigenvalue weighted by atomic mass is 9.94. The zero-order valence-corrected chi connectivity index (χ0v) is 18.7. The number of fused-ring (bicyclic) bond motifs is 1. The molecule has 0 radical (unpaired) electrons. The smallest absolute Gasteiger partial charge is 0.243 e. The van der Waals surface area contributed by atoms with Crippen LogP contribution < -0.4 is 16.0 Å². The van der Waals surface area contributed by atoms with Crippen molar-refractivity contribution < 1.29 is 9.59 Å². The summed E-state index contributed by atoms with van der Waals surface area (Å²) in [7, 11) is 0. The monoisotopic (exact) mass is 429 g/mol. The molecule has 0 aliphatic carbocycles. The molecule has 2 aromatic carbocycles. The van der Waals surface area contributed by atoms with E-state index in [1.54, 1.807) is 0 Å². The van der Waals surface area contributed by atoms with Crippen LogP contribution in [0.1, 0.15) is 49.9 Å². The summed E-state index contributed by atoms with van der Waals surface area (Å²) in [6, 6.07) is 17.0. The van der Waals surface area contributed by atoms with Crippen LogP contribution in [0.2, 0.25) is 0 Å². The molecule has 6 heteroatoms. The number of amides is 2. The number of nitrogens with one attached hydrogen (secondary N) is 3. The van der Waals surface area contributed by atoms with Crippen LogP contribution in [0.4, 0.5) is 0 Å². The fourth-order valence-corrected chi connectivity index (χ4v) is 3.72. The van der Waals surface area contributed by atoms with Crippen molar-refractivity contribution in [3.05, 3.63) is 71.3 Å². The normalized spacial score (nSPS) is 18.2. The second-order valence-corrected chi connectivity index (χ2v) is 7.92. The Balaban J connectivity index is 0.00000320. The third kappa shape index (κ3) is 5.83. The molecule has 2 unspecified atom stereocenters. The van der Waals surface area contributed by atoms with Crippen molar-refractivity contribution in [2.75, 3.05) is 0 Å². The van der Waals surface area contributed by atoms with E-state index in [2.05, 4.69) is 28.1 Å². The molecular formula is C24H32ClN3O2. The van der Waals surface area contributed by atoms with Gasteiger partial charge in [-0.25, -0.2) is 0 Å². The number of benzene rings is 2. The van der Waals surface area contributed by atoms with Gasteiger partial charge in [0.05, 0.1) is 12.1 Å². The summed E-state index contributed by atoms with van der Waals surface area (Å²) >= 11 is 0. The highest BCUT2D eigenvalue weighted by molar-refractivity contribution is 5.90. The van der Waals surface area contributed by atoms with Crippen molar-refractivity contribution in [2.24, 2.45) is 5.92 Å². The van der Waals surface area contributed by atoms with Crippen molar-refractivity contribution in [1.82, 2.24) is 16.0 Å².